The number of esters is 1. The topological polar surface area (TPSA) is 35.5 Å². The Labute approximate surface area is 99.6 Å². The first-order chi connectivity index (χ1) is 8.31. The molecule has 3 nitrogen and oxygen atoms in total. The van der Waals surface area contributed by atoms with Crippen molar-refractivity contribution in [3.8, 4) is 11.5 Å². The van der Waals surface area contributed by atoms with Crippen molar-refractivity contribution in [1.82, 2.24) is 0 Å². The Morgan fingerprint density at radius 2 is 1.47 bits per heavy atom. The minimum absolute atomic E-state index is 0.393. The van der Waals surface area contributed by atoms with Crippen LogP contribution in [0.3, 0.4) is 0 Å². The number of carbonyl (C=O) groups is 1. The van der Waals surface area contributed by atoms with Gasteiger partial charge in [-0.25, -0.2) is 4.79 Å². The van der Waals surface area contributed by atoms with E-state index < -0.39 is 5.97 Å². The lowest BCUT2D eigenvalue weighted by atomic mass is 10.2. The Morgan fingerprint density at radius 3 is 2.12 bits per heavy atom. The van der Waals surface area contributed by atoms with E-state index in [0.29, 0.717) is 17.1 Å². The molecule has 0 N–H and O–H groups in total. The van der Waals surface area contributed by atoms with Crippen LogP contribution in [0.1, 0.15) is 10.4 Å². The number of ether oxygens (including phenoxy) is 2. The lowest BCUT2D eigenvalue weighted by Gasteiger charge is -2.08. The third-order valence-corrected chi connectivity index (χ3v) is 2.28. The molecule has 2 aromatic rings. The molecule has 0 aliphatic carbocycles. The lowest BCUT2D eigenvalue weighted by Crippen LogP contribution is -2.08. The summed E-state index contributed by atoms with van der Waals surface area (Å²) >= 11 is 0. The number of benzene rings is 2. The fraction of sp³-hybridized carbons (Fsp3) is 0.0714. The molecule has 0 heterocycles. The molecular formula is C14H12O3. The maximum absolute atomic E-state index is 11.8. The van der Waals surface area contributed by atoms with E-state index in [4.69, 9.17) is 9.47 Å². The van der Waals surface area contributed by atoms with Crippen molar-refractivity contribution in [3.05, 3.63) is 60.2 Å². The van der Waals surface area contributed by atoms with Crippen molar-refractivity contribution in [2.24, 2.45) is 0 Å². The number of carbonyl (C=O) groups excluding carboxylic acids is 1. The molecule has 0 aromatic heterocycles. The van der Waals surface area contributed by atoms with Crippen LogP contribution < -0.4 is 9.47 Å². The highest BCUT2D eigenvalue weighted by Gasteiger charge is 2.10. The predicted octanol–water partition coefficient (Wildman–Crippen LogP) is 2.91. The molecule has 0 amide bonds. The highest BCUT2D eigenvalue weighted by Crippen LogP contribution is 2.26. The van der Waals surface area contributed by atoms with Crippen molar-refractivity contribution < 1.29 is 14.3 Å². The fourth-order valence-corrected chi connectivity index (χ4v) is 1.44. The molecule has 86 valence electrons. The van der Waals surface area contributed by atoms with Crippen molar-refractivity contribution in [2.75, 3.05) is 7.11 Å². The first-order valence-corrected chi connectivity index (χ1v) is 5.21. The van der Waals surface area contributed by atoms with Crippen LogP contribution in [0, 0.1) is 0 Å². The van der Waals surface area contributed by atoms with Gasteiger partial charge in [0.15, 0.2) is 11.5 Å². The first kappa shape index (κ1) is 11.2. The van der Waals surface area contributed by atoms with E-state index in [1.807, 2.05) is 12.1 Å². The molecule has 17 heavy (non-hydrogen) atoms. The van der Waals surface area contributed by atoms with Gasteiger partial charge in [0, 0.05) is 0 Å². The van der Waals surface area contributed by atoms with Crippen LogP contribution in [0.15, 0.2) is 54.6 Å². The summed E-state index contributed by atoms with van der Waals surface area (Å²) in [6, 6.07) is 15.9. The third-order valence-electron chi connectivity index (χ3n) is 2.28. The number of rotatable bonds is 3. The second-order valence-electron chi connectivity index (χ2n) is 3.41. The second kappa shape index (κ2) is 5.16. The summed E-state index contributed by atoms with van der Waals surface area (Å²) in [5.41, 5.74) is 0.512. The van der Waals surface area contributed by atoms with Crippen molar-refractivity contribution in [1.29, 1.82) is 0 Å². The summed E-state index contributed by atoms with van der Waals surface area (Å²) in [7, 11) is 1.54. The van der Waals surface area contributed by atoms with Crippen LogP contribution in [0.4, 0.5) is 0 Å². The molecule has 2 aromatic carbocycles. The lowest BCUT2D eigenvalue weighted by molar-refractivity contribution is 0.0730. The van der Waals surface area contributed by atoms with E-state index in [1.54, 1.807) is 42.5 Å². The number of hydrogen-bond donors (Lipinski definition) is 0. The molecule has 0 spiro atoms. The van der Waals surface area contributed by atoms with Gasteiger partial charge < -0.3 is 9.47 Å². The number of hydrogen-bond acceptors (Lipinski definition) is 3. The Kier molecular flexibility index (Phi) is 3.40. The van der Waals surface area contributed by atoms with Crippen LogP contribution in [-0.2, 0) is 0 Å². The molecule has 0 atom stereocenters. The smallest absolute Gasteiger partial charge is 0.343 e. The monoisotopic (exact) mass is 228 g/mol. The standard InChI is InChI=1S/C14H12O3/c1-16-12-9-5-6-10-13(12)17-14(15)11-7-3-2-4-8-11/h2-10H,1H3. The average molecular weight is 228 g/mol. The Bertz CT molecular complexity index is 506. The van der Waals surface area contributed by atoms with Crippen molar-refractivity contribution in [3.63, 3.8) is 0 Å². The van der Waals surface area contributed by atoms with Crippen LogP contribution in [0.25, 0.3) is 0 Å². The van der Waals surface area contributed by atoms with Crippen LogP contribution in [0.2, 0.25) is 0 Å². The van der Waals surface area contributed by atoms with Gasteiger partial charge >= 0.3 is 5.97 Å². The number of methoxy groups -OCH3 is 1. The summed E-state index contributed by atoms with van der Waals surface area (Å²) < 4.78 is 10.4. The normalized spacial score (nSPS) is 9.71. The molecule has 0 aliphatic heterocycles. The van der Waals surface area contributed by atoms with E-state index in [0.717, 1.165) is 0 Å². The quantitative estimate of drug-likeness (QED) is 0.598. The van der Waals surface area contributed by atoms with E-state index >= 15 is 0 Å². The molecule has 0 bridgehead atoms. The molecule has 0 fully saturated rings. The minimum atomic E-state index is -0.393. The zero-order chi connectivity index (χ0) is 12.1. The molecule has 0 aliphatic rings. The highest BCUT2D eigenvalue weighted by molar-refractivity contribution is 5.91. The van der Waals surface area contributed by atoms with Crippen molar-refractivity contribution >= 4 is 5.97 Å². The summed E-state index contributed by atoms with van der Waals surface area (Å²) in [6.45, 7) is 0. The Hall–Kier alpha value is -2.29. The summed E-state index contributed by atoms with van der Waals surface area (Å²) in [5, 5.41) is 0. The van der Waals surface area contributed by atoms with Gasteiger partial charge in [0.05, 0.1) is 12.7 Å². The molecule has 0 saturated carbocycles. The molecule has 2 rings (SSSR count). The van der Waals surface area contributed by atoms with Gasteiger partial charge in [-0.05, 0) is 24.3 Å². The zero-order valence-corrected chi connectivity index (χ0v) is 9.42. The van der Waals surface area contributed by atoms with E-state index in [9.17, 15) is 4.79 Å². The number of para-hydroxylation sites is 2. The Balaban J connectivity index is 2.19. The second-order valence-corrected chi connectivity index (χ2v) is 3.41. The largest absolute Gasteiger partial charge is 0.493 e. The van der Waals surface area contributed by atoms with E-state index in [-0.39, 0.29) is 0 Å². The summed E-state index contributed by atoms with van der Waals surface area (Å²) in [6.07, 6.45) is 0. The van der Waals surface area contributed by atoms with Crippen LogP contribution >= 0.6 is 0 Å². The van der Waals surface area contributed by atoms with Gasteiger partial charge in [-0.3, -0.25) is 0 Å². The summed E-state index contributed by atoms with van der Waals surface area (Å²) in [5.74, 6) is 0.565. The summed E-state index contributed by atoms with van der Waals surface area (Å²) in [4.78, 5) is 11.8. The maximum Gasteiger partial charge on any atom is 0.343 e. The van der Waals surface area contributed by atoms with Gasteiger partial charge in [0.2, 0.25) is 0 Å². The Morgan fingerprint density at radius 1 is 0.882 bits per heavy atom. The zero-order valence-electron chi connectivity index (χ0n) is 9.42. The van der Waals surface area contributed by atoms with Gasteiger partial charge in [-0.1, -0.05) is 30.3 Å². The molecule has 0 saturated heterocycles. The minimum Gasteiger partial charge on any atom is -0.493 e. The third kappa shape index (κ3) is 2.64. The van der Waals surface area contributed by atoms with E-state index in [1.165, 1.54) is 7.11 Å². The van der Waals surface area contributed by atoms with Crippen LogP contribution in [-0.4, -0.2) is 13.1 Å². The molecule has 0 radical (unpaired) electrons. The van der Waals surface area contributed by atoms with Gasteiger partial charge in [0.25, 0.3) is 0 Å². The van der Waals surface area contributed by atoms with Gasteiger partial charge in [0.1, 0.15) is 0 Å². The highest BCUT2D eigenvalue weighted by atomic mass is 16.6. The predicted molar refractivity (Wildman–Crippen MR) is 64.4 cm³/mol. The maximum atomic E-state index is 11.8. The van der Waals surface area contributed by atoms with Crippen LogP contribution in [0.5, 0.6) is 11.5 Å². The average Bonchev–Trinajstić information content (AvgIpc) is 2.40. The first-order valence-electron chi connectivity index (χ1n) is 5.21. The molecule has 0 unspecified atom stereocenters. The molecule has 3 heteroatoms. The van der Waals surface area contributed by atoms with Crippen molar-refractivity contribution in [2.45, 2.75) is 0 Å². The molecular weight excluding hydrogens is 216 g/mol. The SMILES string of the molecule is COc1ccccc1OC(=O)c1ccccc1. The van der Waals surface area contributed by atoms with Gasteiger partial charge in [-0.2, -0.15) is 0 Å². The fourth-order valence-electron chi connectivity index (χ4n) is 1.44. The van der Waals surface area contributed by atoms with Gasteiger partial charge in [-0.15, -0.1) is 0 Å². The van der Waals surface area contributed by atoms with E-state index in [2.05, 4.69) is 0 Å².